The van der Waals surface area contributed by atoms with Crippen molar-refractivity contribution in [1.29, 1.82) is 0 Å². The smallest absolute Gasteiger partial charge is 0.301 e. The maximum atomic E-state index is 13.2. The largest absolute Gasteiger partial charge is 0.507 e. The van der Waals surface area contributed by atoms with Crippen LogP contribution < -0.4 is 4.90 Å². The summed E-state index contributed by atoms with van der Waals surface area (Å²) in [6.45, 7) is 4.24. The van der Waals surface area contributed by atoms with Crippen molar-refractivity contribution in [3.05, 3.63) is 86.6 Å². The van der Waals surface area contributed by atoms with Crippen LogP contribution in [0.5, 0.6) is 0 Å². The number of thiazole rings is 1. The second-order valence-corrected chi connectivity index (χ2v) is 10.5. The summed E-state index contributed by atoms with van der Waals surface area (Å²) in [4.78, 5) is 33.3. The highest BCUT2D eigenvalue weighted by Gasteiger charge is 2.48. The number of carbonyl (C=O) groups is 2. The molecule has 33 heavy (non-hydrogen) atoms. The van der Waals surface area contributed by atoms with Crippen molar-refractivity contribution in [3.63, 3.8) is 0 Å². The summed E-state index contributed by atoms with van der Waals surface area (Å²) in [6.07, 6.45) is 0. The molecule has 1 aliphatic rings. The quantitative estimate of drug-likeness (QED) is 0.193. The van der Waals surface area contributed by atoms with Crippen molar-refractivity contribution < 1.29 is 14.7 Å². The van der Waals surface area contributed by atoms with Crippen molar-refractivity contribution in [2.75, 3.05) is 4.90 Å². The predicted octanol–water partition coefficient (Wildman–Crippen LogP) is 6.76. The maximum absolute atomic E-state index is 13.2. The molecule has 1 amide bonds. The van der Waals surface area contributed by atoms with E-state index < -0.39 is 17.7 Å². The number of Topliss-reactive ketones (excluding diaryl/α,β-unsaturated/α-hetero) is 1. The van der Waals surface area contributed by atoms with Gasteiger partial charge in [-0.1, -0.05) is 48.9 Å². The summed E-state index contributed by atoms with van der Waals surface area (Å²) >= 11 is 8.77. The molecule has 2 aromatic carbocycles. The molecule has 1 unspecified atom stereocenters. The fourth-order valence-electron chi connectivity index (χ4n) is 3.90. The minimum Gasteiger partial charge on any atom is -0.507 e. The Morgan fingerprint density at radius 2 is 1.88 bits per heavy atom. The Bertz CT molecular complexity index is 1410. The van der Waals surface area contributed by atoms with Crippen LogP contribution in [-0.4, -0.2) is 21.8 Å². The lowest BCUT2D eigenvalue weighted by Crippen LogP contribution is -2.28. The number of aliphatic hydroxyl groups is 1. The van der Waals surface area contributed by atoms with Gasteiger partial charge in [0.05, 0.1) is 15.8 Å². The molecule has 1 saturated heterocycles. The van der Waals surface area contributed by atoms with Gasteiger partial charge in [-0.05, 0) is 59.3 Å². The zero-order valence-corrected chi connectivity index (χ0v) is 20.2. The molecule has 1 aliphatic heterocycles. The lowest BCUT2D eigenvalue weighted by molar-refractivity contribution is -0.132. The molecule has 0 saturated carbocycles. The molecule has 4 aromatic rings. The van der Waals surface area contributed by atoms with Gasteiger partial charge in [0.25, 0.3) is 5.78 Å². The number of nitrogens with zero attached hydrogens (tertiary/aromatic N) is 2. The van der Waals surface area contributed by atoms with E-state index in [1.807, 2.05) is 29.6 Å². The number of benzene rings is 2. The summed E-state index contributed by atoms with van der Waals surface area (Å²) in [5.74, 6) is -1.30. The molecule has 166 valence electrons. The van der Waals surface area contributed by atoms with E-state index in [2.05, 4.69) is 24.9 Å². The number of anilines is 1. The van der Waals surface area contributed by atoms with Crippen LogP contribution in [0.1, 0.15) is 41.8 Å². The first-order chi connectivity index (χ1) is 15.8. The van der Waals surface area contributed by atoms with Gasteiger partial charge in [0.15, 0.2) is 5.13 Å². The molecule has 8 heteroatoms. The van der Waals surface area contributed by atoms with E-state index in [-0.39, 0.29) is 11.3 Å². The Morgan fingerprint density at radius 3 is 2.55 bits per heavy atom. The predicted molar refractivity (Wildman–Crippen MR) is 134 cm³/mol. The van der Waals surface area contributed by atoms with Crippen molar-refractivity contribution in [2.45, 2.75) is 25.8 Å². The first-order valence-electron chi connectivity index (χ1n) is 10.4. The Labute approximate surface area is 203 Å². The van der Waals surface area contributed by atoms with E-state index in [1.165, 1.54) is 33.1 Å². The first kappa shape index (κ1) is 21.8. The van der Waals surface area contributed by atoms with Gasteiger partial charge in [0.1, 0.15) is 11.8 Å². The highest BCUT2D eigenvalue weighted by Crippen LogP contribution is 2.45. The average molecular weight is 495 g/mol. The van der Waals surface area contributed by atoms with Gasteiger partial charge in [-0.3, -0.25) is 14.5 Å². The lowest BCUT2D eigenvalue weighted by Gasteiger charge is -2.21. The number of hydrogen-bond acceptors (Lipinski definition) is 6. The van der Waals surface area contributed by atoms with Crippen LogP contribution in [0.4, 0.5) is 5.13 Å². The zero-order chi connectivity index (χ0) is 23.3. The van der Waals surface area contributed by atoms with E-state index in [1.54, 1.807) is 24.3 Å². The second kappa shape index (κ2) is 8.41. The Morgan fingerprint density at radius 1 is 1.12 bits per heavy atom. The third-order valence-electron chi connectivity index (χ3n) is 5.65. The molecule has 1 fully saturated rings. The number of aromatic nitrogens is 1. The monoisotopic (exact) mass is 494 g/mol. The van der Waals surface area contributed by atoms with Crippen molar-refractivity contribution >= 4 is 67.1 Å². The number of halogens is 1. The summed E-state index contributed by atoms with van der Waals surface area (Å²) in [5, 5.41) is 13.9. The summed E-state index contributed by atoms with van der Waals surface area (Å²) < 4.78 is 0.945. The van der Waals surface area contributed by atoms with E-state index in [0.29, 0.717) is 21.6 Å². The molecule has 0 aliphatic carbocycles. The van der Waals surface area contributed by atoms with E-state index >= 15 is 0 Å². The van der Waals surface area contributed by atoms with Crippen molar-refractivity contribution in [2.24, 2.45) is 0 Å². The van der Waals surface area contributed by atoms with Crippen LogP contribution >= 0.6 is 34.3 Å². The highest BCUT2D eigenvalue weighted by atomic mass is 35.5. The number of fused-ring (bicyclic) bond motifs is 1. The number of thiophene rings is 1. The molecule has 2 aromatic heterocycles. The van der Waals surface area contributed by atoms with E-state index in [0.717, 1.165) is 15.1 Å². The Balaban J connectivity index is 1.68. The summed E-state index contributed by atoms with van der Waals surface area (Å²) in [5.41, 5.74) is 2.41. The van der Waals surface area contributed by atoms with Crippen molar-refractivity contribution in [1.82, 2.24) is 4.98 Å². The number of rotatable bonds is 4. The van der Waals surface area contributed by atoms with Gasteiger partial charge in [0.2, 0.25) is 0 Å². The zero-order valence-electron chi connectivity index (χ0n) is 17.8. The number of ketones is 1. The lowest BCUT2D eigenvalue weighted by atomic mass is 10.00. The third-order valence-corrected chi connectivity index (χ3v) is 7.84. The van der Waals surface area contributed by atoms with Crippen LogP contribution in [0.15, 0.2) is 65.6 Å². The molecule has 0 bridgehead atoms. The van der Waals surface area contributed by atoms with Crippen LogP contribution in [0.25, 0.3) is 16.0 Å². The fraction of sp³-hybridized carbons (Fsp3) is 0.160. The molecular formula is C25H19ClN2O3S2. The van der Waals surface area contributed by atoms with E-state index in [9.17, 15) is 14.7 Å². The normalized spacial score (nSPS) is 18.1. The minimum absolute atomic E-state index is 0.0481. The average Bonchev–Trinajstić information content (AvgIpc) is 3.52. The summed E-state index contributed by atoms with van der Waals surface area (Å²) in [6, 6.07) is 15.5. The molecule has 1 atom stereocenters. The molecule has 0 radical (unpaired) electrons. The topological polar surface area (TPSA) is 70.5 Å². The van der Waals surface area contributed by atoms with Crippen molar-refractivity contribution in [3.8, 4) is 0 Å². The minimum atomic E-state index is -0.759. The number of aliphatic hydroxyl groups excluding tert-OH is 1. The van der Waals surface area contributed by atoms with Gasteiger partial charge in [-0.2, -0.15) is 0 Å². The van der Waals surface area contributed by atoms with Gasteiger partial charge >= 0.3 is 5.91 Å². The highest BCUT2D eigenvalue weighted by molar-refractivity contribution is 7.22. The Kier molecular flexibility index (Phi) is 5.56. The number of carbonyl (C=O) groups excluding carboxylic acids is 2. The SMILES string of the molecule is CC(C)c1ccc2nc(N3C(=O)C(=O)/C(=C(/O)c4ccc(Cl)cc4)C3c3cccs3)sc2c1. The summed E-state index contributed by atoms with van der Waals surface area (Å²) in [7, 11) is 0. The first-order valence-corrected chi connectivity index (χ1v) is 12.4. The standard InChI is InChI=1S/C25H19ClN2O3S2/c1-13(2)15-7-10-17-19(12-15)33-25(27-17)28-21(18-4-3-11-32-18)20(23(30)24(28)31)22(29)14-5-8-16(26)9-6-14/h3-13,21,29H,1-2H3/b22-20+. The molecule has 5 rings (SSSR count). The van der Waals surface area contributed by atoms with Gasteiger partial charge in [0, 0.05) is 15.5 Å². The molecule has 3 heterocycles. The molecular weight excluding hydrogens is 476 g/mol. The second-order valence-electron chi connectivity index (χ2n) is 8.07. The number of hydrogen-bond donors (Lipinski definition) is 1. The maximum Gasteiger partial charge on any atom is 0.301 e. The van der Waals surface area contributed by atoms with Gasteiger partial charge in [-0.25, -0.2) is 4.98 Å². The molecule has 0 spiro atoms. The van der Waals surface area contributed by atoms with Crippen LogP contribution in [-0.2, 0) is 9.59 Å². The van der Waals surface area contributed by atoms with Crippen LogP contribution in [0.2, 0.25) is 5.02 Å². The van der Waals surface area contributed by atoms with Crippen LogP contribution in [0.3, 0.4) is 0 Å². The van der Waals surface area contributed by atoms with Gasteiger partial charge in [-0.15, -0.1) is 11.3 Å². The molecule has 5 nitrogen and oxygen atoms in total. The van der Waals surface area contributed by atoms with Crippen LogP contribution in [0, 0.1) is 0 Å². The van der Waals surface area contributed by atoms with E-state index in [4.69, 9.17) is 11.6 Å². The molecule has 1 N–H and O–H groups in total. The number of amides is 1. The fourth-order valence-corrected chi connectivity index (χ4v) is 5.89. The van der Waals surface area contributed by atoms with Gasteiger partial charge < -0.3 is 5.11 Å². The Hall–Kier alpha value is -3.00. The third kappa shape index (κ3) is 3.76.